The lowest BCUT2D eigenvalue weighted by Gasteiger charge is -2.02. The number of aromatic nitrogens is 4. The largest absolute Gasteiger partial charge is 0.375 e. The predicted molar refractivity (Wildman–Crippen MR) is 69.1 cm³/mol. The summed E-state index contributed by atoms with van der Waals surface area (Å²) < 4.78 is 1.97. The van der Waals surface area contributed by atoms with E-state index in [0.717, 1.165) is 36.7 Å². The molecule has 0 aliphatic carbocycles. The second-order valence-corrected chi connectivity index (χ2v) is 4.67. The molecule has 0 atom stereocenters. The summed E-state index contributed by atoms with van der Waals surface area (Å²) in [5.41, 5.74) is 6.64. The minimum Gasteiger partial charge on any atom is -0.375 e. The van der Waals surface area contributed by atoms with Gasteiger partial charge in [0.05, 0.1) is 5.69 Å². The van der Waals surface area contributed by atoms with E-state index in [1.165, 1.54) is 11.3 Å². The third-order valence-corrected chi connectivity index (χ3v) is 3.31. The molecular formula is C10H16N6S. The molecule has 0 saturated heterocycles. The zero-order valence-corrected chi connectivity index (χ0v) is 10.8. The Morgan fingerprint density at radius 2 is 2.24 bits per heavy atom. The number of rotatable bonds is 5. The van der Waals surface area contributed by atoms with E-state index in [1.807, 2.05) is 24.0 Å². The van der Waals surface area contributed by atoms with Gasteiger partial charge in [0, 0.05) is 25.9 Å². The molecule has 0 bridgehead atoms. The molecule has 0 amide bonds. The number of nitrogen functional groups attached to an aromatic ring is 1. The Kier molecular flexibility index (Phi) is 3.58. The minimum atomic E-state index is 0.635. The first kappa shape index (κ1) is 11.8. The number of nitrogens with one attached hydrogen (secondary N) is 1. The number of nitrogens with two attached hydrogens (primary N) is 1. The van der Waals surface area contributed by atoms with Crippen LogP contribution < -0.4 is 11.1 Å². The SMILES string of the molecule is CNc1nnc(CCCc2csc(N)n2)n1C. The fourth-order valence-corrected chi connectivity index (χ4v) is 2.26. The van der Waals surface area contributed by atoms with Crippen LogP contribution in [-0.4, -0.2) is 26.8 Å². The van der Waals surface area contributed by atoms with Crippen molar-refractivity contribution in [2.75, 3.05) is 18.1 Å². The Balaban J connectivity index is 1.87. The molecule has 0 aromatic carbocycles. The number of hydrogen-bond acceptors (Lipinski definition) is 6. The van der Waals surface area contributed by atoms with E-state index < -0.39 is 0 Å². The van der Waals surface area contributed by atoms with Gasteiger partial charge in [0.15, 0.2) is 5.13 Å². The van der Waals surface area contributed by atoms with Crippen molar-refractivity contribution in [3.63, 3.8) is 0 Å². The molecule has 92 valence electrons. The summed E-state index contributed by atoms with van der Waals surface area (Å²) in [6.07, 6.45) is 2.82. The van der Waals surface area contributed by atoms with Crippen LogP contribution in [0.1, 0.15) is 17.9 Å². The highest BCUT2D eigenvalue weighted by molar-refractivity contribution is 7.13. The van der Waals surface area contributed by atoms with E-state index in [4.69, 9.17) is 5.73 Å². The van der Waals surface area contributed by atoms with Crippen molar-refractivity contribution in [1.29, 1.82) is 0 Å². The van der Waals surface area contributed by atoms with Gasteiger partial charge in [0.2, 0.25) is 5.95 Å². The van der Waals surface area contributed by atoms with E-state index in [9.17, 15) is 0 Å². The average Bonchev–Trinajstić information content (AvgIpc) is 2.87. The van der Waals surface area contributed by atoms with Gasteiger partial charge in [-0.05, 0) is 12.8 Å². The zero-order valence-electron chi connectivity index (χ0n) is 9.97. The van der Waals surface area contributed by atoms with Crippen LogP contribution in [0.15, 0.2) is 5.38 Å². The van der Waals surface area contributed by atoms with Crippen LogP contribution in [0.2, 0.25) is 0 Å². The molecule has 2 aromatic rings. The van der Waals surface area contributed by atoms with E-state index in [2.05, 4.69) is 20.5 Å². The van der Waals surface area contributed by atoms with Crippen molar-refractivity contribution in [1.82, 2.24) is 19.7 Å². The Bertz CT molecular complexity index is 489. The van der Waals surface area contributed by atoms with Crippen molar-refractivity contribution >= 4 is 22.4 Å². The Morgan fingerprint density at radius 1 is 1.41 bits per heavy atom. The van der Waals surface area contributed by atoms with Gasteiger partial charge >= 0.3 is 0 Å². The molecule has 2 aromatic heterocycles. The number of anilines is 2. The molecule has 0 unspecified atom stereocenters. The number of aryl methyl sites for hydroxylation is 2. The molecule has 6 nitrogen and oxygen atoms in total. The fourth-order valence-electron chi connectivity index (χ4n) is 1.66. The molecule has 0 aliphatic rings. The Labute approximate surface area is 104 Å². The number of nitrogens with zero attached hydrogens (tertiary/aromatic N) is 4. The van der Waals surface area contributed by atoms with Gasteiger partial charge in [-0.15, -0.1) is 21.5 Å². The van der Waals surface area contributed by atoms with E-state index in [-0.39, 0.29) is 0 Å². The van der Waals surface area contributed by atoms with Crippen LogP contribution in [0.3, 0.4) is 0 Å². The Morgan fingerprint density at radius 3 is 2.82 bits per heavy atom. The summed E-state index contributed by atoms with van der Waals surface area (Å²) >= 11 is 1.49. The molecule has 3 N–H and O–H groups in total. The highest BCUT2D eigenvalue weighted by Crippen LogP contribution is 2.14. The van der Waals surface area contributed by atoms with Crippen molar-refractivity contribution in [3.8, 4) is 0 Å². The standard InChI is InChI=1S/C10H16N6S/c1-12-10-15-14-8(16(10)2)5-3-4-7-6-17-9(11)13-7/h6H,3-5H2,1-2H3,(H2,11,13)(H,12,15). The van der Waals surface area contributed by atoms with Crippen LogP contribution in [0.25, 0.3) is 0 Å². The van der Waals surface area contributed by atoms with Gasteiger partial charge in [-0.1, -0.05) is 0 Å². The molecule has 2 heterocycles. The summed E-state index contributed by atoms with van der Waals surface area (Å²) in [7, 11) is 3.80. The minimum absolute atomic E-state index is 0.635. The first-order chi connectivity index (χ1) is 8.20. The first-order valence-corrected chi connectivity index (χ1v) is 6.34. The van der Waals surface area contributed by atoms with Crippen LogP contribution in [0.5, 0.6) is 0 Å². The van der Waals surface area contributed by atoms with Crippen LogP contribution in [0, 0.1) is 0 Å². The predicted octanol–water partition coefficient (Wildman–Crippen LogP) is 1.07. The van der Waals surface area contributed by atoms with Gasteiger partial charge in [-0.2, -0.15) is 0 Å². The summed E-state index contributed by atoms with van der Waals surface area (Å²) in [4.78, 5) is 4.23. The summed E-state index contributed by atoms with van der Waals surface area (Å²) in [6.45, 7) is 0. The second-order valence-electron chi connectivity index (χ2n) is 3.78. The van der Waals surface area contributed by atoms with Crippen molar-refractivity contribution in [2.45, 2.75) is 19.3 Å². The van der Waals surface area contributed by atoms with Crippen molar-refractivity contribution in [2.24, 2.45) is 7.05 Å². The number of hydrogen-bond donors (Lipinski definition) is 2. The maximum atomic E-state index is 5.58. The lowest BCUT2D eigenvalue weighted by molar-refractivity contribution is 0.718. The van der Waals surface area contributed by atoms with Gasteiger partial charge < -0.3 is 15.6 Å². The molecule has 0 saturated carbocycles. The first-order valence-electron chi connectivity index (χ1n) is 5.46. The van der Waals surface area contributed by atoms with Crippen LogP contribution >= 0.6 is 11.3 Å². The van der Waals surface area contributed by atoms with Crippen molar-refractivity contribution in [3.05, 3.63) is 16.9 Å². The summed E-state index contributed by atoms with van der Waals surface area (Å²) in [6, 6.07) is 0. The molecule has 0 spiro atoms. The van der Waals surface area contributed by atoms with Crippen LogP contribution in [0.4, 0.5) is 11.1 Å². The quantitative estimate of drug-likeness (QED) is 0.832. The van der Waals surface area contributed by atoms with E-state index in [0.29, 0.717) is 5.13 Å². The summed E-state index contributed by atoms with van der Waals surface area (Å²) in [5.74, 6) is 1.77. The molecule has 0 aliphatic heterocycles. The lowest BCUT2D eigenvalue weighted by Crippen LogP contribution is -2.03. The average molecular weight is 252 g/mol. The van der Waals surface area contributed by atoms with Gasteiger partial charge in [0.25, 0.3) is 0 Å². The second kappa shape index (κ2) is 5.13. The molecule has 7 heteroatoms. The fraction of sp³-hybridized carbons (Fsp3) is 0.500. The zero-order chi connectivity index (χ0) is 12.3. The third kappa shape index (κ3) is 2.73. The summed E-state index contributed by atoms with van der Waals surface area (Å²) in [5, 5.41) is 13.8. The van der Waals surface area contributed by atoms with Crippen molar-refractivity contribution < 1.29 is 0 Å². The smallest absolute Gasteiger partial charge is 0.224 e. The van der Waals surface area contributed by atoms with Gasteiger partial charge in [-0.25, -0.2) is 4.98 Å². The topological polar surface area (TPSA) is 81.7 Å². The maximum Gasteiger partial charge on any atom is 0.224 e. The van der Waals surface area contributed by atoms with Gasteiger partial charge in [-0.3, -0.25) is 0 Å². The molecule has 0 fully saturated rings. The van der Waals surface area contributed by atoms with Gasteiger partial charge in [0.1, 0.15) is 5.82 Å². The Hall–Kier alpha value is -1.63. The lowest BCUT2D eigenvalue weighted by atomic mass is 10.2. The molecule has 17 heavy (non-hydrogen) atoms. The maximum absolute atomic E-state index is 5.58. The normalized spacial score (nSPS) is 10.7. The molecular weight excluding hydrogens is 236 g/mol. The van der Waals surface area contributed by atoms with E-state index >= 15 is 0 Å². The molecule has 2 rings (SSSR count). The third-order valence-electron chi connectivity index (χ3n) is 2.59. The molecule has 0 radical (unpaired) electrons. The number of thiazole rings is 1. The highest BCUT2D eigenvalue weighted by Gasteiger charge is 2.07. The van der Waals surface area contributed by atoms with Crippen LogP contribution in [-0.2, 0) is 19.9 Å². The van der Waals surface area contributed by atoms with E-state index in [1.54, 1.807) is 0 Å². The highest BCUT2D eigenvalue weighted by atomic mass is 32.1. The monoisotopic (exact) mass is 252 g/mol.